The summed E-state index contributed by atoms with van der Waals surface area (Å²) in [4.78, 5) is 7.07. The minimum Gasteiger partial charge on any atom is -0.322 e. The Hall–Kier alpha value is -2.73. The normalized spacial score (nSPS) is 12.8. The third-order valence-electron chi connectivity index (χ3n) is 5.71. The van der Waals surface area contributed by atoms with Crippen LogP contribution in [-0.4, -0.2) is 19.7 Å². The largest absolute Gasteiger partial charge is 1.00 e. The van der Waals surface area contributed by atoms with E-state index in [9.17, 15) is 0 Å². The van der Waals surface area contributed by atoms with E-state index in [1.165, 1.54) is 22.3 Å². The molecule has 1 aliphatic heterocycles. The number of aromatic nitrogens is 4. The number of fused-ring (bicyclic) bond motifs is 1. The first-order chi connectivity index (χ1) is 15.0. The molecule has 6 heteroatoms. The topological polar surface area (TPSA) is 46.8 Å². The molecular weight excluding hydrogens is 405 g/mol. The van der Waals surface area contributed by atoms with Gasteiger partial charge in [0.05, 0.1) is 6.54 Å². The first kappa shape index (κ1) is 22.5. The molecule has 3 heterocycles. The molecule has 0 saturated carbocycles. The van der Waals surface area contributed by atoms with Gasteiger partial charge in [0.1, 0.15) is 17.8 Å². The molecule has 0 spiro atoms. The van der Waals surface area contributed by atoms with Crippen LogP contribution >= 0.6 is 0 Å². The minimum absolute atomic E-state index is 0. The van der Waals surface area contributed by atoms with Crippen molar-refractivity contribution in [1.82, 2.24) is 19.7 Å². The smallest absolute Gasteiger partial charge is 0.322 e. The Morgan fingerprint density at radius 2 is 1.91 bits per heavy atom. The van der Waals surface area contributed by atoms with Crippen molar-refractivity contribution in [2.75, 3.05) is 4.90 Å². The van der Waals surface area contributed by atoms with Gasteiger partial charge in [-0.2, -0.15) is 29.8 Å². The van der Waals surface area contributed by atoms with Crippen molar-refractivity contribution < 1.29 is 29.6 Å². The second-order valence-corrected chi connectivity index (χ2v) is 8.24. The van der Waals surface area contributed by atoms with Crippen LogP contribution in [-0.2, 0) is 6.54 Å². The quantitative estimate of drug-likeness (QED) is 0.370. The zero-order chi connectivity index (χ0) is 21.5. The Labute approximate surface area is 211 Å². The van der Waals surface area contributed by atoms with E-state index in [2.05, 4.69) is 72.8 Å². The fourth-order valence-corrected chi connectivity index (χ4v) is 4.05. The number of hydrogen-bond acceptors (Lipinski definition) is 4. The summed E-state index contributed by atoms with van der Waals surface area (Å²) in [5.74, 6) is 1.64. The standard InChI is InChI=1S/C26H24N5.Na/c1-17(2)31-16-27-29-26(31)24-9-6-10-25(28-24)30-15-22-12-11-21(14-23(22)19(30)4)20-8-5-7-18(3)13-20;/h6-14,16-17H,4,15H2,1-3H3;/q-1;+1. The number of benzene rings is 2. The molecule has 5 rings (SSSR count). The third kappa shape index (κ3) is 4.04. The van der Waals surface area contributed by atoms with Crippen LogP contribution in [0.1, 0.15) is 36.6 Å². The monoisotopic (exact) mass is 429 g/mol. The van der Waals surface area contributed by atoms with Crippen molar-refractivity contribution in [3.63, 3.8) is 0 Å². The maximum Gasteiger partial charge on any atom is 1.00 e. The first-order valence-corrected chi connectivity index (χ1v) is 10.5. The Kier molecular flexibility index (Phi) is 6.33. The molecule has 0 unspecified atom stereocenters. The van der Waals surface area contributed by atoms with Gasteiger partial charge in [-0.3, -0.25) is 0 Å². The van der Waals surface area contributed by atoms with Crippen molar-refractivity contribution in [3.8, 4) is 22.6 Å². The van der Waals surface area contributed by atoms with Gasteiger partial charge in [-0.15, -0.1) is 15.8 Å². The van der Waals surface area contributed by atoms with Gasteiger partial charge < -0.3 is 9.47 Å². The number of nitrogens with zero attached hydrogens (tertiary/aromatic N) is 5. The molecule has 0 aliphatic carbocycles. The van der Waals surface area contributed by atoms with Crippen LogP contribution in [0.3, 0.4) is 0 Å². The summed E-state index contributed by atoms with van der Waals surface area (Å²) in [6.07, 6.45) is 1.75. The van der Waals surface area contributed by atoms with Crippen LogP contribution < -0.4 is 34.5 Å². The van der Waals surface area contributed by atoms with E-state index in [1.807, 2.05) is 34.9 Å². The molecule has 4 aromatic rings. The molecule has 2 aromatic carbocycles. The number of pyridine rings is 1. The van der Waals surface area contributed by atoms with E-state index < -0.39 is 0 Å². The molecule has 0 bridgehead atoms. The number of aryl methyl sites for hydroxylation is 1. The summed E-state index contributed by atoms with van der Waals surface area (Å²) in [5.41, 5.74) is 7.73. The Balaban J connectivity index is 0.00000245. The molecule has 5 nitrogen and oxygen atoms in total. The van der Waals surface area contributed by atoms with Crippen molar-refractivity contribution in [3.05, 3.63) is 90.3 Å². The molecule has 0 fully saturated rings. The van der Waals surface area contributed by atoms with Crippen LogP contribution in [0.25, 0.3) is 28.3 Å². The van der Waals surface area contributed by atoms with E-state index in [-0.39, 0.29) is 35.6 Å². The van der Waals surface area contributed by atoms with Gasteiger partial charge in [0.2, 0.25) is 0 Å². The summed E-state index contributed by atoms with van der Waals surface area (Å²) in [7, 11) is 0. The second kappa shape index (κ2) is 9.02. The minimum atomic E-state index is 0. The van der Waals surface area contributed by atoms with Gasteiger partial charge in [-0.1, -0.05) is 43.3 Å². The number of rotatable bonds is 4. The van der Waals surface area contributed by atoms with Gasteiger partial charge in [0.15, 0.2) is 5.82 Å². The van der Waals surface area contributed by atoms with Crippen molar-refractivity contribution >= 4 is 11.5 Å². The fourth-order valence-electron chi connectivity index (χ4n) is 4.05. The predicted octanol–water partition coefficient (Wildman–Crippen LogP) is 2.69. The van der Waals surface area contributed by atoms with Crippen LogP contribution in [0.5, 0.6) is 0 Å². The molecular formula is C26H24N5Na. The van der Waals surface area contributed by atoms with Crippen LogP contribution in [0.15, 0.2) is 67.5 Å². The van der Waals surface area contributed by atoms with Gasteiger partial charge >= 0.3 is 29.6 Å². The van der Waals surface area contributed by atoms with E-state index in [4.69, 9.17) is 4.98 Å². The van der Waals surface area contributed by atoms with E-state index in [0.29, 0.717) is 0 Å². The summed E-state index contributed by atoms with van der Waals surface area (Å²) < 4.78 is 2.03. The molecule has 0 amide bonds. The average Bonchev–Trinajstić information content (AvgIpc) is 3.39. The molecule has 0 radical (unpaired) electrons. The summed E-state index contributed by atoms with van der Waals surface area (Å²) in [6.45, 7) is 11.5. The Bertz CT molecular complexity index is 1290. The number of hydrogen-bond donors (Lipinski definition) is 0. The molecule has 154 valence electrons. The molecule has 0 N–H and O–H groups in total. The SMILES string of the molecule is C=C1c2cc(-c3c[c-]cc(C)c3)ccc2CN1c1cccc(-c2nncn2C(C)C)n1.[Na+]. The molecule has 1 aliphatic rings. The van der Waals surface area contributed by atoms with Crippen molar-refractivity contribution in [1.29, 1.82) is 0 Å². The first-order valence-electron chi connectivity index (χ1n) is 10.5. The van der Waals surface area contributed by atoms with Crippen LogP contribution in [0.2, 0.25) is 0 Å². The van der Waals surface area contributed by atoms with Gasteiger partial charge in [-0.25, -0.2) is 4.98 Å². The van der Waals surface area contributed by atoms with E-state index in [1.54, 1.807) is 6.33 Å². The third-order valence-corrected chi connectivity index (χ3v) is 5.71. The molecule has 0 atom stereocenters. The fraction of sp³-hybridized carbons (Fsp3) is 0.192. The van der Waals surface area contributed by atoms with Gasteiger partial charge in [0.25, 0.3) is 0 Å². The Morgan fingerprint density at radius 3 is 2.69 bits per heavy atom. The maximum atomic E-state index is 4.90. The number of anilines is 1. The second-order valence-electron chi connectivity index (χ2n) is 8.24. The average molecular weight is 430 g/mol. The van der Waals surface area contributed by atoms with Crippen molar-refractivity contribution in [2.24, 2.45) is 0 Å². The summed E-state index contributed by atoms with van der Waals surface area (Å²) in [5, 5.41) is 8.37. The molecule has 32 heavy (non-hydrogen) atoms. The summed E-state index contributed by atoms with van der Waals surface area (Å²) >= 11 is 0. The summed E-state index contributed by atoms with van der Waals surface area (Å²) in [6, 6.07) is 22.3. The van der Waals surface area contributed by atoms with Gasteiger partial charge in [-0.05, 0) is 31.5 Å². The van der Waals surface area contributed by atoms with Crippen molar-refractivity contribution in [2.45, 2.75) is 33.4 Å². The molecule has 2 aromatic heterocycles. The predicted molar refractivity (Wildman–Crippen MR) is 124 cm³/mol. The zero-order valence-corrected chi connectivity index (χ0v) is 21.0. The molecule has 0 saturated heterocycles. The Morgan fingerprint density at radius 1 is 1.06 bits per heavy atom. The van der Waals surface area contributed by atoms with Crippen LogP contribution in [0, 0.1) is 13.0 Å². The van der Waals surface area contributed by atoms with E-state index in [0.717, 1.165) is 35.1 Å². The maximum absolute atomic E-state index is 4.90. The van der Waals surface area contributed by atoms with Gasteiger partial charge in [0, 0.05) is 17.3 Å². The zero-order valence-electron chi connectivity index (χ0n) is 19.0. The van der Waals surface area contributed by atoms with E-state index >= 15 is 0 Å². The van der Waals surface area contributed by atoms with Crippen LogP contribution in [0.4, 0.5) is 5.82 Å².